The molecule has 1 unspecified atom stereocenters. The molecule has 6 nitrogen and oxygen atoms in total. The van der Waals surface area contributed by atoms with Gasteiger partial charge >= 0.3 is 17.9 Å². The highest BCUT2D eigenvalue weighted by atomic mass is 16.6. The van der Waals surface area contributed by atoms with Gasteiger partial charge in [-0.2, -0.15) is 0 Å². The Bertz CT molecular complexity index is 751. The lowest BCUT2D eigenvalue weighted by Crippen LogP contribution is -2.30. The summed E-state index contributed by atoms with van der Waals surface area (Å²) in [4.78, 5) is 37.5. The molecule has 0 aliphatic rings. The van der Waals surface area contributed by atoms with Gasteiger partial charge in [0.05, 0.1) is 0 Å². The fourth-order valence-corrected chi connectivity index (χ4v) is 6.19. The third-order valence-corrected chi connectivity index (χ3v) is 9.83. The molecule has 49 heavy (non-hydrogen) atoms. The van der Waals surface area contributed by atoms with Gasteiger partial charge in [-0.15, -0.1) is 0 Å². The molecule has 0 bridgehead atoms. The van der Waals surface area contributed by atoms with E-state index in [0.717, 1.165) is 69.6 Å². The Morgan fingerprint density at radius 2 is 0.776 bits per heavy atom. The lowest BCUT2D eigenvalue weighted by Gasteiger charge is -2.18. The van der Waals surface area contributed by atoms with Crippen molar-refractivity contribution in [3.8, 4) is 0 Å². The SMILES string of the molecule is CCCCCCCCCC(=O)OC[C@@H](COC(=O)CCCCCCCCCCC(C)CC)OC(=O)CCCCCCCCCCCC(C)C. The molecular weight excluding hydrogens is 612 g/mol. The largest absolute Gasteiger partial charge is 0.462 e. The second-order valence-electron chi connectivity index (χ2n) is 15.3. The molecule has 0 N–H and O–H groups in total. The Kier molecular flexibility index (Phi) is 35.0. The summed E-state index contributed by atoms with van der Waals surface area (Å²) in [6.45, 7) is 11.3. The van der Waals surface area contributed by atoms with Gasteiger partial charge in [0.15, 0.2) is 6.10 Å². The monoisotopic (exact) mass is 695 g/mol. The van der Waals surface area contributed by atoms with Gasteiger partial charge in [0.1, 0.15) is 13.2 Å². The summed E-state index contributed by atoms with van der Waals surface area (Å²) in [6.07, 6.45) is 32.4. The lowest BCUT2D eigenvalue weighted by molar-refractivity contribution is -0.167. The van der Waals surface area contributed by atoms with Gasteiger partial charge in [0.2, 0.25) is 0 Å². The second kappa shape index (κ2) is 36.2. The summed E-state index contributed by atoms with van der Waals surface area (Å²) in [5.74, 6) is 0.784. The zero-order valence-corrected chi connectivity index (χ0v) is 33.3. The number of rotatable bonds is 37. The molecule has 0 aliphatic carbocycles. The molecule has 0 spiro atoms. The molecule has 0 radical (unpaired) electrons. The highest BCUT2D eigenvalue weighted by molar-refractivity contribution is 5.71. The van der Waals surface area contributed by atoms with E-state index in [9.17, 15) is 14.4 Å². The van der Waals surface area contributed by atoms with Crippen LogP contribution in [-0.2, 0) is 28.6 Å². The minimum absolute atomic E-state index is 0.0664. The number of unbranched alkanes of at least 4 members (excludes halogenated alkanes) is 21. The molecule has 0 heterocycles. The minimum Gasteiger partial charge on any atom is -0.462 e. The standard InChI is InChI=1S/C43H82O6/c1-6-8-9-10-16-23-28-33-41(44)47-36-40(49-43(46)35-30-25-20-13-11-12-17-21-26-31-38(3)4)37-48-42(45)34-29-24-19-15-14-18-22-27-32-39(5)7-2/h38-40H,6-37H2,1-5H3/t39?,40-/m0/s1. The van der Waals surface area contributed by atoms with Crippen LogP contribution in [0.2, 0.25) is 0 Å². The maximum atomic E-state index is 12.6. The van der Waals surface area contributed by atoms with Crippen LogP contribution in [0.3, 0.4) is 0 Å². The van der Waals surface area contributed by atoms with Gasteiger partial charge in [0.25, 0.3) is 0 Å². The molecule has 0 aromatic heterocycles. The van der Waals surface area contributed by atoms with Crippen LogP contribution >= 0.6 is 0 Å². The van der Waals surface area contributed by atoms with Crippen LogP contribution in [0.1, 0.15) is 227 Å². The first-order chi connectivity index (χ1) is 23.8. The van der Waals surface area contributed by atoms with E-state index in [1.807, 2.05) is 0 Å². The summed E-state index contributed by atoms with van der Waals surface area (Å²) >= 11 is 0. The Morgan fingerprint density at radius 3 is 1.16 bits per heavy atom. The van der Waals surface area contributed by atoms with E-state index in [1.54, 1.807) is 0 Å². The number of carbonyl (C=O) groups is 3. The topological polar surface area (TPSA) is 78.9 Å². The van der Waals surface area contributed by atoms with Crippen LogP contribution in [0.4, 0.5) is 0 Å². The highest BCUT2D eigenvalue weighted by Gasteiger charge is 2.19. The van der Waals surface area contributed by atoms with Gasteiger partial charge in [-0.1, -0.05) is 189 Å². The van der Waals surface area contributed by atoms with Crippen molar-refractivity contribution in [2.24, 2.45) is 11.8 Å². The first-order valence-corrected chi connectivity index (χ1v) is 21.3. The van der Waals surface area contributed by atoms with Crippen molar-refractivity contribution in [2.45, 2.75) is 233 Å². The van der Waals surface area contributed by atoms with E-state index in [4.69, 9.17) is 14.2 Å². The molecule has 0 fully saturated rings. The van der Waals surface area contributed by atoms with E-state index in [-0.39, 0.29) is 31.1 Å². The quantitative estimate of drug-likeness (QED) is 0.0366. The molecule has 0 saturated heterocycles. The Labute approximate surface area is 304 Å². The summed E-state index contributed by atoms with van der Waals surface area (Å²) < 4.78 is 16.6. The van der Waals surface area contributed by atoms with Crippen LogP contribution in [-0.4, -0.2) is 37.2 Å². The molecule has 0 aromatic carbocycles. The smallest absolute Gasteiger partial charge is 0.306 e. The van der Waals surface area contributed by atoms with Crippen molar-refractivity contribution >= 4 is 17.9 Å². The molecule has 290 valence electrons. The highest BCUT2D eigenvalue weighted by Crippen LogP contribution is 2.16. The molecule has 6 heteroatoms. The third-order valence-electron chi connectivity index (χ3n) is 9.83. The van der Waals surface area contributed by atoms with Crippen molar-refractivity contribution in [3.63, 3.8) is 0 Å². The van der Waals surface area contributed by atoms with E-state index in [0.29, 0.717) is 19.3 Å². The lowest BCUT2D eigenvalue weighted by atomic mass is 9.99. The van der Waals surface area contributed by atoms with E-state index >= 15 is 0 Å². The third kappa shape index (κ3) is 36.0. The maximum absolute atomic E-state index is 12.6. The van der Waals surface area contributed by atoms with E-state index in [2.05, 4.69) is 34.6 Å². The number of hydrogen-bond acceptors (Lipinski definition) is 6. The molecular formula is C43H82O6. The summed E-state index contributed by atoms with van der Waals surface area (Å²) in [5, 5.41) is 0. The Balaban J connectivity index is 4.32. The molecule has 0 aromatic rings. The van der Waals surface area contributed by atoms with Crippen molar-refractivity contribution in [2.75, 3.05) is 13.2 Å². The van der Waals surface area contributed by atoms with E-state index in [1.165, 1.54) is 116 Å². The minimum atomic E-state index is -0.759. The van der Waals surface area contributed by atoms with Crippen molar-refractivity contribution in [1.82, 2.24) is 0 Å². The van der Waals surface area contributed by atoms with Crippen molar-refractivity contribution in [1.29, 1.82) is 0 Å². The summed E-state index contributed by atoms with van der Waals surface area (Å²) in [7, 11) is 0. The predicted molar refractivity (Wildman–Crippen MR) is 206 cm³/mol. The first-order valence-electron chi connectivity index (χ1n) is 21.3. The average Bonchev–Trinajstić information content (AvgIpc) is 3.08. The van der Waals surface area contributed by atoms with Crippen molar-refractivity contribution in [3.05, 3.63) is 0 Å². The van der Waals surface area contributed by atoms with Crippen LogP contribution in [0.25, 0.3) is 0 Å². The predicted octanol–water partition coefficient (Wildman–Crippen LogP) is 13.0. The van der Waals surface area contributed by atoms with Gasteiger partial charge in [-0.25, -0.2) is 0 Å². The molecule has 0 aliphatic heterocycles. The zero-order valence-electron chi connectivity index (χ0n) is 33.3. The molecule has 2 atom stereocenters. The number of ether oxygens (including phenoxy) is 3. The summed E-state index contributed by atoms with van der Waals surface area (Å²) in [6, 6.07) is 0. The number of hydrogen-bond donors (Lipinski definition) is 0. The Morgan fingerprint density at radius 1 is 0.429 bits per heavy atom. The van der Waals surface area contributed by atoms with Crippen LogP contribution in [0, 0.1) is 11.8 Å². The van der Waals surface area contributed by atoms with Crippen LogP contribution in [0.5, 0.6) is 0 Å². The van der Waals surface area contributed by atoms with Gasteiger partial charge in [-0.3, -0.25) is 14.4 Å². The fraction of sp³-hybridized carbons (Fsp3) is 0.930. The van der Waals surface area contributed by atoms with Crippen LogP contribution in [0.15, 0.2) is 0 Å². The van der Waals surface area contributed by atoms with Gasteiger partial charge in [-0.05, 0) is 31.1 Å². The maximum Gasteiger partial charge on any atom is 0.306 e. The molecule has 0 saturated carbocycles. The fourth-order valence-electron chi connectivity index (χ4n) is 6.19. The molecule has 0 rings (SSSR count). The summed E-state index contributed by atoms with van der Waals surface area (Å²) in [5.41, 5.74) is 0. The second-order valence-corrected chi connectivity index (χ2v) is 15.3. The average molecular weight is 695 g/mol. The zero-order chi connectivity index (χ0) is 36.2. The van der Waals surface area contributed by atoms with Crippen LogP contribution < -0.4 is 0 Å². The van der Waals surface area contributed by atoms with Gasteiger partial charge in [0, 0.05) is 19.3 Å². The first kappa shape index (κ1) is 47.4. The number of esters is 3. The number of carbonyl (C=O) groups excluding carboxylic acids is 3. The van der Waals surface area contributed by atoms with Gasteiger partial charge < -0.3 is 14.2 Å². The van der Waals surface area contributed by atoms with E-state index < -0.39 is 6.10 Å². The molecule has 0 amide bonds. The van der Waals surface area contributed by atoms with Crippen molar-refractivity contribution < 1.29 is 28.6 Å². The Hall–Kier alpha value is -1.59. The normalized spacial score (nSPS) is 12.6.